The van der Waals surface area contributed by atoms with Crippen molar-refractivity contribution in [3.05, 3.63) is 29.3 Å². The number of carboxylic acids is 1. The van der Waals surface area contributed by atoms with Crippen LogP contribution in [0.1, 0.15) is 42.6 Å². The Bertz CT molecular complexity index is 584. The standard InChI is InChI=1S/C15H17NO4/c1-9-4-5-10(6-11(9)14(19)20)16-12(17)7-15(2,3)8-13(16)18/h4-6H,7-8H2,1-3H3,(H,19,20). The van der Waals surface area contributed by atoms with Crippen molar-refractivity contribution in [3.63, 3.8) is 0 Å². The number of hydrogen-bond acceptors (Lipinski definition) is 3. The van der Waals surface area contributed by atoms with Gasteiger partial charge in [0.05, 0.1) is 11.3 Å². The summed E-state index contributed by atoms with van der Waals surface area (Å²) in [5.74, 6) is -1.64. The molecule has 1 N–H and O–H groups in total. The van der Waals surface area contributed by atoms with Crippen molar-refractivity contribution in [1.29, 1.82) is 0 Å². The number of nitrogens with zero attached hydrogens (tertiary/aromatic N) is 1. The van der Waals surface area contributed by atoms with Crippen LogP contribution in [0.15, 0.2) is 18.2 Å². The minimum absolute atomic E-state index is 0.105. The number of hydrogen-bond donors (Lipinski definition) is 1. The highest BCUT2D eigenvalue weighted by atomic mass is 16.4. The molecule has 2 amide bonds. The minimum atomic E-state index is -1.07. The first-order valence-corrected chi connectivity index (χ1v) is 6.41. The third-order valence-corrected chi connectivity index (χ3v) is 3.47. The SMILES string of the molecule is Cc1ccc(N2C(=O)CC(C)(C)CC2=O)cc1C(=O)O. The number of rotatable bonds is 2. The van der Waals surface area contributed by atoms with Gasteiger partial charge >= 0.3 is 5.97 Å². The molecule has 1 aromatic carbocycles. The molecule has 1 aromatic rings. The van der Waals surface area contributed by atoms with Gasteiger partial charge in [0.25, 0.3) is 0 Å². The molecule has 5 nitrogen and oxygen atoms in total. The first kappa shape index (κ1) is 14.2. The summed E-state index contributed by atoms with van der Waals surface area (Å²) in [7, 11) is 0. The molecule has 0 atom stereocenters. The van der Waals surface area contributed by atoms with Gasteiger partial charge in [0, 0.05) is 12.8 Å². The van der Waals surface area contributed by atoms with Gasteiger partial charge in [0.1, 0.15) is 0 Å². The highest BCUT2D eigenvalue weighted by molar-refractivity contribution is 6.17. The third kappa shape index (κ3) is 2.57. The summed E-state index contributed by atoms with van der Waals surface area (Å²) in [6.07, 6.45) is 0.546. The predicted octanol–water partition coefficient (Wildman–Crippen LogP) is 2.37. The van der Waals surface area contributed by atoms with E-state index in [1.807, 2.05) is 13.8 Å². The van der Waals surface area contributed by atoms with Crippen molar-refractivity contribution in [3.8, 4) is 0 Å². The fourth-order valence-electron chi connectivity index (χ4n) is 2.45. The van der Waals surface area contributed by atoms with Gasteiger partial charge in [0.15, 0.2) is 0 Å². The summed E-state index contributed by atoms with van der Waals surface area (Å²) in [6, 6.07) is 4.60. The zero-order valence-corrected chi connectivity index (χ0v) is 11.8. The van der Waals surface area contributed by atoms with Crippen LogP contribution in [-0.4, -0.2) is 22.9 Å². The number of carbonyl (C=O) groups excluding carboxylic acids is 2. The number of imide groups is 1. The van der Waals surface area contributed by atoms with Crippen LogP contribution < -0.4 is 4.90 Å². The average molecular weight is 275 g/mol. The quantitative estimate of drug-likeness (QED) is 0.841. The van der Waals surface area contributed by atoms with Crippen LogP contribution in [-0.2, 0) is 9.59 Å². The Hall–Kier alpha value is -2.17. The number of piperidine rings is 1. The first-order chi connectivity index (χ1) is 9.21. The van der Waals surface area contributed by atoms with E-state index in [1.54, 1.807) is 19.1 Å². The van der Waals surface area contributed by atoms with Gasteiger partial charge in [-0.3, -0.25) is 14.5 Å². The number of amides is 2. The van der Waals surface area contributed by atoms with Gasteiger partial charge in [-0.05, 0) is 30.0 Å². The van der Waals surface area contributed by atoms with Crippen LogP contribution in [0.25, 0.3) is 0 Å². The van der Waals surface area contributed by atoms with Crippen LogP contribution in [0.5, 0.6) is 0 Å². The number of carbonyl (C=O) groups is 3. The monoisotopic (exact) mass is 275 g/mol. The predicted molar refractivity (Wildman–Crippen MR) is 73.6 cm³/mol. The first-order valence-electron chi connectivity index (χ1n) is 6.41. The van der Waals surface area contributed by atoms with E-state index in [0.29, 0.717) is 11.3 Å². The highest BCUT2D eigenvalue weighted by Crippen LogP contribution is 2.34. The molecule has 5 heteroatoms. The van der Waals surface area contributed by atoms with Crippen molar-refractivity contribution in [2.45, 2.75) is 33.6 Å². The summed E-state index contributed by atoms with van der Waals surface area (Å²) >= 11 is 0. The number of aromatic carboxylic acids is 1. The molecule has 0 unspecified atom stereocenters. The maximum Gasteiger partial charge on any atom is 0.336 e. The molecule has 2 rings (SSSR count). The topological polar surface area (TPSA) is 74.7 Å². The normalized spacial score (nSPS) is 18.2. The van der Waals surface area contributed by atoms with Gasteiger partial charge in [-0.25, -0.2) is 4.79 Å². The average Bonchev–Trinajstić information content (AvgIpc) is 2.28. The molecule has 1 heterocycles. The van der Waals surface area contributed by atoms with E-state index in [4.69, 9.17) is 5.11 Å². The molecule has 1 aliphatic heterocycles. The fraction of sp³-hybridized carbons (Fsp3) is 0.400. The summed E-state index contributed by atoms with van der Waals surface area (Å²) in [4.78, 5) is 36.5. The van der Waals surface area contributed by atoms with Crippen LogP contribution in [0.3, 0.4) is 0 Å². The van der Waals surface area contributed by atoms with Crippen LogP contribution in [0.4, 0.5) is 5.69 Å². The largest absolute Gasteiger partial charge is 0.478 e. The van der Waals surface area contributed by atoms with E-state index in [1.165, 1.54) is 6.07 Å². The Labute approximate surface area is 117 Å². The summed E-state index contributed by atoms with van der Waals surface area (Å²) in [6.45, 7) is 5.42. The van der Waals surface area contributed by atoms with E-state index in [0.717, 1.165) is 4.90 Å². The van der Waals surface area contributed by atoms with Crippen molar-refractivity contribution < 1.29 is 19.5 Å². The summed E-state index contributed by atoms with van der Waals surface area (Å²) < 4.78 is 0. The van der Waals surface area contributed by atoms with Crippen molar-refractivity contribution in [1.82, 2.24) is 0 Å². The highest BCUT2D eigenvalue weighted by Gasteiger charge is 2.38. The summed E-state index contributed by atoms with van der Waals surface area (Å²) in [5.41, 5.74) is 0.690. The molecular formula is C15H17NO4. The Morgan fingerprint density at radius 2 is 1.75 bits per heavy atom. The fourth-order valence-corrected chi connectivity index (χ4v) is 2.45. The van der Waals surface area contributed by atoms with Gasteiger partial charge in [-0.2, -0.15) is 0 Å². The van der Waals surface area contributed by atoms with Crippen molar-refractivity contribution in [2.75, 3.05) is 4.90 Å². The lowest BCUT2D eigenvalue weighted by Crippen LogP contribution is -2.46. The Morgan fingerprint density at radius 1 is 1.20 bits per heavy atom. The maximum absolute atomic E-state index is 12.1. The van der Waals surface area contributed by atoms with Crippen LogP contribution in [0.2, 0.25) is 0 Å². The molecule has 0 aromatic heterocycles. The maximum atomic E-state index is 12.1. The smallest absolute Gasteiger partial charge is 0.336 e. The van der Waals surface area contributed by atoms with E-state index < -0.39 is 5.97 Å². The molecule has 0 aliphatic carbocycles. The van der Waals surface area contributed by atoms with E-state index >= 15 is 0 Å². The molecular weight excluding hydrogens is 258 g/mol. The van der Waals surface area contributed by atoms with E-state index in [9.17, 15) is 14.4 Å². The molecule has 1 fully saturated rings. The molecule has 1 saturated heterocycles. The minimum Gasteiger partial charge on any atom is -0.478 e. The molecule has 0 bridgehead atoms. The molecule has 0 saturated carbocycles. The second-order valence-electron chi connectivity index (χ2n) is 5.95. The van der Waals surface area contributed by atoms with Crippen LogP contribution in [0, 0.1) is 12.3 Å². The lowest BCUT2D eigenvalue weighted by Gasteiger charge is -2.34. The van der Waals surface area contributed by atoms with Gasteiger partial charge < -0.3 is 5.11 Å². The van der Waals surface area contributed by atoms with Crippen molar-refractivity contribution >= 4 is 23.5 Å². The van der Waals surface area contributed by atoms with Crippen molar-refractivity contribution in [2.24, 2.45) is 5.41 Å². The molecule has 20 heavy (non-hydrogen) atoms. The molecule has 1 aliphatic rings. The van der Waals surface area contributed by atoms with Gasteiger partial charge in [0.2, 0.25) is 11.8 Å². The number of carboxylic acid groups (broad SMARTS) is 1. The van der Waals surface area contributed by atoms with E-state index in [-0.39, 0.29) is 35.6 Å². The molecule has 0 radical (unpaired) electrons. The van der Waals surface area contributed by atoms with Crippen LogP contribution >= 0.6 is 0 Å². The third-order valence-electron chi connectivity index (χ3n) is 3.47. The summed E-state index contributed by atoms with van der Waals surface area (Å²) in [5, 5.41) is 9.11. The Morgan fingerprint density at radius 3 is 2.25 bits per heavy atom. The lowest BCUT2D eigenvalue weighted by molar-refractivity contribution is -0.132. The second-order valence-corrected chi connectivity index (χ2v) is 5.95. The lowest BCUT2D eigenvalue weighted by atomic mass is 9.81. The Kier molecular flexibility index (Phi) is 3.38. The number of benzene rings is 1. The zero-order valence-electron chi connectivity index (χ0n) is 11.8. The van der Waals surface area contributed by atoms with E-state index in [2.05, 4.69) is 0 Å². The number of aryl methyl sites for hydroxylation is 1. The Balaban J connectivity index is 2.42. The molecule has 0 spiro atoms. The number of anilines is 1. The zero-order chi connectivity index (χ0) is 15.1. The molecule has 106 valence electrons. The second kappa shape index (κ2) is 4.74. The van der Waals surface area contributed by atoms with Gasteiger partial charge in [-0.1, -0.05) is 19.9 Å². The van der Waals surface area contributed by atoms with Gasteiger partial charge in [-0.15, -0.1) is 0 Å².